The fraction of sp³-hybridized carbons (Fsp3) is 0.611. The first-order valence-electron chi connectivity index (χ1n) is 8.53. The standard InChI is InChI=1S/C18H26N2O2/c21-18(22)15-6-8-16(9-7-15)19-11-3-12-20-13-10-14-4-1-2-5-17(14)20/h1-2,4-5,15-16,19H,3,6-13H2,(H,21,22). The smallest absolute Gasteiger partial charge is 0.306 e. The number of para-hydroxylation sites is 1. The van der Waals surface area contributed by atoms with Gasteiger partial charge < -0.3 is 15.3 Å². The van der Waals surface area contributed by atoms with Crippen molar-refractivity contribution in [3.05, 3.63) is 29.8 Å². The van der Waals surface area contributed by atoms with Crippen LogP contribution in [0.25, 0.3) is 0 Å². The van der Waals surface area contributed by atoms with Gasteiger partial charge in [0.2, 0.25) is 0 Å². The zero-order valence-corrected chi connectivity index (χ0v) is 13.1. The average molecular weight is 302 g/mol. The number of hydrogen-bond acceptors (Lipinski definition) is 3. The predicted octanol–water partition coefficient (Wildman–Crippen LogP) is 2.67. The van der Waals surface area contributed by atoms with E-state index in [2.05, 4.69) is 34.5 Å². The quantitative estimate of drug-likeness (QED) is 0.793. The zero-order chi connectivity index (χ0) is 15.4. The SMILES string of the molecule is O=C(O)C1CCC(NCCCN2CCc3ccccc32)CC1. The van der Waals surface area contributed by atoms with Crippen molar-refractivity contribution in [1.29, 1.82) is 0 Å². The van der Waals surface area contributed by atoms with Crippen molar-refractivity contribution in [2.45, 2.75) is 44.6 Å². The highest BCUT2D eigenvalue weighted by Gasteiger charge is 2.25. The molecule has 0 radical (unpaired) electrons. The Bertz CT molecular complexity index is 510. The number of benzene rings is 1. The Hall–Kier alpha value is -1.55. The number of carbonyl (C=O) groups is 1. The number of nitrogens with zero attached hydrogens (tertiary/aromatic N) is 1. The minimum absolute atomic E-state index is 0.112. The normalized spacial score (nSPS) is 24.3. The summed E-state index contributed by atoms with van der Waals surface area (Å²) in [5, 5.41) is 12.6. The van der Waals surface area contributed by atoms with Crippen LogP contribution in [-0.4, -0.2) is 36.8 Å². The van der Waals surface area contributed by atoms with Crippen LogP contribution in [0, 0.1) is 5.92 Å². The van der Waals surface area contributed by atoms with Crippen molar-refractivity contribution < 1.29 is 9.90 Å². The third-order valence-electron chi connectivity index (χ3n) is 5.10. The number of carboxylic acid groups (broad SMARTS) is 1. The van der Waals surface area contributed by atoms with E-state index in [0.29, 0.717) is 6.04 Å². The largest absolute Gasteiger partial charge is 0.481 e. The summed E-state index contributed by atoms with van der Waals surface area (Å²) in [4.78, 5) is 13.4. The van der Waals surface area contributed by atoms with Gasteiger partial charge in [-0.2, -0.15) is 0 Å². The molecule has 0 atom stereocenters. The molecular weight excluding hydrogens is 276 g/mol. The van der Waals surface area contributed by atoms with Gasteiger partial charge in [0, 0.05) is 24.8 Å². The first-order valence-corrected chi connectivity index (χ1v) is 8.53. The molecule has 1 saturated carbocycles. The Kier molecular flexibility index (Phi) is 4.98. The van der Waals surface area contributed by atoms with Crippen LogP contribution in [0.1, 0.15) is 37.7 Å². The van der Waals surface area contributed by atoms with Crippen molar-refractivity contribution >= 4 is 11.7 Å². The molecule has 4 heteroatoms. The second-order valence-corrected chi connectivity index (χ2v) is 6.56. The molecule has 1 aromatic carbocycles. The Morgan fingerprint density at radius 3 is 2.77 bits per heavy atom. The Balaban J connectivity index is 1.34. The molecule has 2 aliphatic rings. The molecule has 22 heavy (non-hydrogen) atoms. The lowest BCUT2D eigenvalue weighted by molar-refractivity contribution is -0.142. The molecule has 1 aliphatic heterocycles. The van der Waals surface area contributed by atoms with Crippen LogP contribution < -0.4 is 10.2 Å². The van der Waals surface area contributed by atoms with Gasteiger partial charge in [-0.1, -0.05) is 18.2 Å². The van der Waals surface area contributed by atoms with E-state index in [1.165, 1.54) is 17.7 Å². The summed E-state index contributed by atoms with van der Waals surface area (Å²) in [6.07, 6.45) is 5.97. The molecule has 0 bridgehead atoms. The van der Waals surface area contributed by atoms with Gasteiger partial charge in [-0.15, -0.1) is 0 Å². The van der Waals surface area contributed by atoms with Crippen molar-refractivity contribution in [2.24, 2.45) is 5.92 Å². The lowest BCUT2D eigenvalue weighted by Crippen LogP contribution is -2.36. The highest BCUT2D eigenvalue weighted by molar-refractivity contribution is 5.70. The van der Waals surface area contributed by atoms with E-state index < -0.39 is 5.97 Å². The topological polar surface area (TPSA) is 52.6 Å². The maximum atomic E-state index is 10.9. The van der Waals surface area contributed by atoms with Gasteiger partial charge in [-0.3, -0.25) is 4.79 Å². The Labute approximate surface area is 132 Å². The molecule has 1 fully saturated rings. The molecule has 0 aromatic heterocycles. The van der Waals surface area contributed by atoms with Crippen LogP contribution in [-0.2, 0) is 11.2 Å². The van der Waals surface area contributed by atoms with Crippen molar-refractivity contribution in [3.8, 4) is 0 Å². The molecule has 0 unspecified atom stereocenters. The van der Waals surface area contributed by atoms with E-state index >= 15 is 0 Å². The summed E-state index contributed by atoms with van der Waals surface area (Å²) in [5.74, 6) is -0.731. The number of nitrogens with one attached hydrogen (secondary N) is 1. The van der Waals surface area contributed by atoms with Crippen LogP contribution in [0.4, 0.5) is 5.69 Å². The van der Waals surface area contributed by atoms with Gasteiger partial charge in [0.15, 0.2) is 0 Å². The van der Waals surface area contributed by atoms with Crippen LogP contribution >= 0.6 is 0 Å². The molecule has 1 aromatic rings. The molecule has 1 aliphatic carbocycles. The monoisotopic (exact) mass is 302 g/mol. The van der Waals surface area contributed by atoms with Crippen LogP contribution in [0.2, 0.25) is 0 Å². The Morgan fingerprint density at radius 1 is 1.23 bits per heavy atom. The molecule has 0 spiro atoms. The fourth-order valence-electron chi connectivity index (χ4n) is 3.76. The van der Waals surface area contributed by atoms with E-state index in [1.807, 2.05) is 0 Å². The summed E-state index contributed by atoms with van der Waals surface area (Å²) in [6.45, 7) is 3.28. The number of rotatable bonds is 6. The first-order chi connectivity index (χ1) is 10.7. The second-order valence-electron chi connectivity index (χ2n) is 6.56. The zero-order valence-electron chi connectivity index (χ0n) is 13.1. The molecule has 0 amide bonds. The highest BCUT2D eigenvalue weighted by atomic mass is 16.4. The van der Waals surface area contributed by atoms with E-state index in [-0.39, 0.29) is 5.92 Å². The maximum Gasteiger partial charge on any atom is 0.306 e. The van der Waals surface area contributed by atoms with Gasteiger partial charge >= 0.3 is 5.97 Å². The second kappa shape index (κ2) is 7.14. The van der Waals surface area contributed by atoms with Crippen LogP contribution in [0.15, 0.2) is 24.3 Å². The lowest BCUT2D eigenvalue weighted by atomic mass is 9.86. The van der Waals surface area contributed by atoms with Crippen LogP contribution in [0.3, 0.4) is 0 Å². The summed E-state index contributed by atoms with van der Waals surface area (Å²) < 4.78 is 0. The average Bonchev–Trinajstić information content (AvgIpc) is 2.95. The molecule has 0 saturated heterocycles. The lowest BCUT2D eigenvalue weighted by Gasteiger charge is -2.27. The van der Waals surface area contributed by atoms with E-state index in [0.717, 1.165) is 51.7 Å². The van der Waals surface area contributed by atoms with E-state index in [1.54, 1.807) is 0 Å². The van der Waals surface area contributed by atoms with Gasteiger partial charge in [0.1, 0.15) is 0 Å². The van der Waals surface area contributed by atoms with E-state index in [9.17, 15) is 4.79 Å². The Morgan fingerprint density at radius 2 is 2.00 bits per heavy atom. The van der Waals surface area contributed by atoms with Crippen molar-refractivity contribution in [1.82, 2.24) is 5.32 Å². The molecule has 1 heterocycles. The van der Waals surface area contributed by atoms with Crippen LogP contribution in [0.5, 0.6) is 0 Å². The minimum atomic E-state index is -0.619. The number of aliphatic carboxylic acids is 1. The summed E-state index contributed by atoms with van der Waals surface area (Å²) in [6, 6.07) is 9.21. The third-order valence-corrected chi connectivity index (χ3v) is 5.10. The molecule has 2 N–H and O–H groups in total. The minimum Gasteiger partial charge on any atom is -0.481 e. The van der Waals surface area contributed by atoms with Gasteiger partial charge in [0.05, 0.1) is 5.92 Å². The van der Waals surface area contributed by atoms with Gasteiger partial charge in [-0.05, 0) is 56.7 Å². The number of carboxylic acids is 1. The molecule has 3 rings (SSSR count). The highest BCUT2D eigenvalue weighted by Crippen LogP contribution is 2.27. The summed E-state index contributed by atoms with van der Waals surface area (Å²) in [7, 11) is 0. The van der Waals surface area contributed by atoms with Crippen molar-refractivity contribution in [3.63, 3.8) is 0 Å². The number of hydrogen-bond donors (Lipinski definition) is 2. The molecular formula is C18H26N2O2. The van der Waals surface area contributed by atoms with E-state index in [4.69, 9.17) is 5.11 Å². The number of anilines is 1. The number of fused-ring (bicyclic) bond motifs is 1. The third kappa shape index (κ3) is 3.61. The molecule has 120 valence electrons. The first kappa shape index (κ1) is 15.3. The van der Waals surface area contributed by atoms with Crippen molar-refractivity contribution in [2.75, 3.05) is 24.5 Å². The maximum absolute atomic E-state index is 10.9. The predicted molar refractivity (Wildman–Crippen MR) is 88.4 cm³/mol. The summed E-state index contributed by atoms with van der Waals surface area (Å²) in [5.41, 5.74) is 2.88. The van der Waals surface area contributed by atoms with Gasteiger partial charge in [0.25, 0.3) is 0 Å². The summed E-state index contributed by atoms with van der Waals surface area (Å²) >= 11 is 0. The van der Waals surface area contributed by atoms with Gasteiger partial charge in [-0.25, -0.2) is 0 Å². The fourth-order valence-corrected chi connectivity index (χ4v) is 3.76. The molecule has 4 nitrogen and oxygen atoms in total.